The molecule has 0 atom stereocenters. The highest BCUT2D eigenvalue weighted by atomic mass is 16.5. The third-order valence-electron chi connectivity index (χ3n) is 2.89. The molecule has 0 aliphatic carbocycles. The van der Waals surface area contributed by atoms with Crippen LogP contribution < -0.4 is 5.32 Å². The van der Waals surface area contributed by atoms with Crippen LogP contribution in [-0.2, 0) is 11.3 Å². The fourth-order valence-electron chi connectivity index (χ4n) is 1.90. The summed E-state index contributed by atoms with van der Waals surface area (Å²) in [6.07, 6.45) is 6.48. The molecule has 0 bridgehead atoms. The summed E-state index contributed by atoms with van der Waals surface area (Å²) in [4.78, 5) is 4.08. The van der Waals surface area contributed by atoms with Crippen LogP contribution in [0, 0.1) is 6.92 Å². The molecule has 2 rings (SSSR count). The van der Waals surface area contributed by atoms with Crippen LogP contribution in [-0.4, -0.2) is 35.4 Å². The Bertz CT molecular complexity index is 292. The zero-order valence-electron chi connectivity index (χ0n) is 9.28. The lowest BCUT2D eigenvalue weighted by molar-refractivity contribution is 0.0283. The number of imidazole rings is 1. The van der Waals surface area contributed by atoms with Crippen LogP contribution >= 0.6 is 0 Å². The summed E-state index contributed by atoms with van der Waals surface area (Å²) < 4.78 is 7.95. The van der Waals surface area contributed by atoms with Gasteiger partial charge in [0.25, 0.3) is 0 Å². The van der Waals surface area contributed by atoms with Crippen molar-refractivity contribution >= 4 is 0 Å². The van der Waals surface area contributed by atoms with Crippen molar-refractivity contribution in [2.45, 2.75) is 32.4 Å². The monoisotopic (exact) mass is 209 g/mol. The van der Waals surface area contributed by atoms with E-state index in [-0.39, 0.29) is 0 Å². The lowest BCUT2D eigenvalue weighted by atomic mass is 10.1. The van der Waals surface area contributed by atoms with E-state index in [9.17, 15) is 0 Å². The van der Waals surface area contributed by atoms with Gasteiger partial charge in [-0.2, -0.15) is 0 Å². The second-order valence-electron chi connectivity index (χ2n) is 4.05. The SMILES string of the molecule is Cc1cncn1CCOC1CCNCC1. The van der Waals surface area contributed by atoms with E-state index in [2.05, 4.69) is 21.8 Å². The molecule has 1 aromatic heterocycles. The third kappa shape index (κ3) is 3.04. The van der Waals surface area contributed by atoms with Gasteiger partial charge in [-0.1, -0.05) is 0 Å². The molecule has 0 amide bonds. The lowest BCUT2D eigenvalue weighted by Crippen LogP contribution is -2.33. The summed E-state index contributed by atoms with van der Waals surface area (Å²) in [5.74, 6) is 0. The topological polar surface area (TPSA) is 39.1 Å². The number of piperidine rings is 1. The molecule has 1 saturated heterocycles. The van der Waals surface area contributed by atoms with Gasteiger partial charge in [0.2, 0.25) is 0 Å². The molecule has 0 saturated carbocycles. The van der Waals surface area contributed by atoms with Gasteiger partial charge in [0.05, 0.1) is 19.0 Å². The van der Waals surface area contributed by atoms with Crippen molar-refractivity contribution < 1.29 is 4.74 Å². The molecule has 0 spiro atoms. The quantitative estimate of drug-likeness (QED) is 0.803. The maximum absolute atomic E-state index is 5.82. The average molecular weight is 209 g/mol. The van der Waals surface area contributed by atoms with E-state index in [0.29, 0.717) is 6.10 Å². The predicted molar refractivity (Wildman–Crippen MR) is 58.8 cm³/mol. The lowest BCUT2D eigenvalue weighted by Gasteiger charge is -2.23. The van der Waals surface area contributed by atoms with Gasteiger partial charge < -0.3 is 14.6 Å². The molecule has 1 N–H and O–H groups in total. The third-order valence-corrected chi connectivity index (χ3v) is 2.89. The standard InChI is InChI=1S/C11H19N3O/c1-10-8-13-9-14(10)6-7-15-11-2-4-12-5-3-11/h8-9,11-12H,2-7H2,1H3. The summed E-state index contributed by atoms with van der Waals surface area (Å²) in [6, 6.07) is 0. The van der Waals surface area contributed by atoms with Gasteiger partial charge in [0, 0.05) is 18.4 Å². The van der Waals surface area contributed by atoms with E-state index in [1.807, 2.05) is 12.5 Å². The van der Waals surface area contributed by atoms with Crippen LogP contribution in [0.3, 0.4) is 0 Å². The highest BCUT2D eigenvalue weighted by molar-refractivity contribution is 4.93. The first-order valence-corrected chi connectivity index (χ1v) is 5.65. The van der Waals surface area contributed by atoms with Crippen molar-refractivity contribution in [2.75, 3.05) is 19.7 Å². The van der Waals surface area contributed by atoms with E-state index in [4.69, 9.17) is 4.74 Å². The fourth-order valence-corrected chi connectivity index (χ4v) is 1.90. The van der Waals surface area contributed by atoms with Gasteiger partial charge in [-0.3, -0.25) is 0 Å². The van der Waals surface area contributed by atoms with Crippen molar-refractivity contribution in [3.8, 4) is 0 Å². The number of aromatic nitrogens is 2. The first-order valence-electron chi connectivity index (χ1n) is 5.65. The largest absolute Gasteiger partial charge is 0.376 e. The average Bonchev–Trinajstić information content (AvgIpc) is 2.66. The second kappa shape index (κ2) is 5.28. The van der Waals surface area contributed by atoms with Gasteiger partial charge in [-0.15, -0.1) is 0 Å². The molecule has 1 aliphatic heterocycles. The van der Waals surface area contributed by atoms with Gasteiger partial charge in [0.15, 0.2) is 0 Å². The van der Waals surface area contributed by atoms with Crippen molar-refractivity contribution in [2.24, 2.45) is 0 Å². The summed E-state index contributed by atoms with van der Waals surface area (Å²) in [6.45, 7) is 5.96. The minimum Gasteiger partial charge on any atom is -0.376 e. The van der Waals surface area contributed by atoms with Crippen LogP contribution in [0.4, 0.5) is 0 Å². The molecular formula is C11H19N3O. The number of rotatable bonds is 4. The molecule has 4 nitrogen and oxygen atoms in total. The number of hydrogen-bond acceptors (Lipinski definition) is 3. The Morgan fingerprint density at radius 2 is 2.33 bits per heavy atom. The van der Waals surface area contributed by atoms with Crippen LogP contribution in [0.1, 0.15) is 18.5 Å². The molecule has 1 aromatic rings. The Balaban J connectivity index is 1.68. The Morgan fingerprint density at radius 1 is 1.53 bits per heavy atom. The number of nitrogens with zero attached hydrogens (tertiary/aromatic N) is 2. The summed E-state index contributed by atoms with van der Waals surface area (Å²) in [5, 5.41) is 3.33. The maximum atomic E-state index is 5.82. The Morgan fingerprint density at radius 3 is 3.00 bits per heavy atom. The zero-order chi connectivity index (χ0) is 10.5. The second-order valence-corrected chi connectivity index (χ2v) is 4.05. The van der Waals surface area contributed by atoms with Crippen LogP contribution in [0.25, 0.3) is 0 Å². The number of nitrogens with one attached hydrogen (secondary N) is 1. The van der Waals surface area contributed by atoms with Gasteiger partial charge >= 0.3 is 0 Å². The van der Waals surface area contributed by atoms with Crippen molar-refractivity contribution in [3.63, 3.8) is 0 Å². The maximum Gasteiger partial charge on any atom is 0.0948 e. The van der Waals surface area contributed by atoms with Crippen molar-refractivity contribution in [3.05, 3.63) is 18.2 Å². The zero-order valence-corrected chi connectivity index (χ0v) is 9.28. The molecular weight excluding hydrogens is 190 g/mol. The molecule has 0 unspecified atom stereocenters. The van der Waals surface area contributed by atoms with E-state index < -0.39 is 0 Å². The minimum atomic E-state index is 0.454. The number of ether oxygens (including phenoxy) is 1. The Hall–Kier alpha value is -0.870. The summed E-state index contributed by atoms with van der Waals surface area (Å²) >= 11 is 0. The molecule has 1 fully saturated rings. The van der Waals surface area contributed by atoms with Crippen LogP contribution in [0.2, 0.25) is 0 Å². The predicted octanol–water partition coefficient (Wildman–Crippen LogP) is 0.960. The van der Waals surface area contributed by atoms with Gasteiger partial charge in [-0.05, 0) is 32.9 Å². The molecule has 84 valence electrons. The van der Waals surface area contributed by atoms with Crippen molar-refractivity contribution in [1.82, 2.24) is 14.9 Å². The molecule has 4 heteroatoms. The number of hydrogen-bond donors (Lipinski definition) is 1. The molecule has 2 heterocycles. The summed E-state index contributed by atoms with van der Waals surface area (Å²) in [7, 11) is 0. The molecule has 1 aliphatic rings. The summed E-state index contributed by atoms with van der Waals surface area (Å²) in [5.41, 5.74) is 1.20. The highest BCUT2D eigenvalue weighted by Crippen LogP contribution is 2.07. The van der Waals surface area contributed by atoms with Gasteiger partial charge in [0.1, 0.15) is 0 Å². The van der Waals surface area contributed by atoms with Crippen molar-refractivity contribution in [1.29, 1.82) is 0 Å². The van der Waals surface area contributed by atoms with E-state index in [1.165, 1.54) is 5.69 Å². The van der Waals surface area contributed by atoms with Crippen LogP contribution in [0.15, 0.2) is 12.5 Å². The minimum absolute atomic E-state index is 0.454. The molecule has 0 radical (unpaired) electrons. The molecule has 0 aromatic carbocycles. The van der Waals surface area contributed by atoms with E-state index in [0.717, 1.165) is 39.1 Å². The smallest absolute Gasteiger partial charge is 0.0948 e. The first kappa shape index (κ1) is 10.6. The van der Waals surface area contributed by atoms with E-state index >= 15 is 0 Å². The fraction of sp³-hybridized carbons (Fsp3) is 0.727. The highest BCUT2D eigenvalue weighted by Gasteiger charge is 2.12. The Kier molecular flexibility index (Phi) is 3.75. The van der Waals surface area contributed by atoms with Gasteiger partial charge in [-0.25, -0.2) is 4.98 Å². The van der Waals surface area contributed by atoms with E-state index in [1.54, 1.807) is 0 Å². The first-order chi connectivity index (χ1) is 7.36. The van der Waals surface area contributed by atoms with Crippen LogP contribution in [0.5, 0.6) is 0 Å². The Labute approximate surface area is 90.6 Å². The number of aryl methyl sites for hydroxylation is 1. The normalized spacial score (nSPS) is 18.2. The molecule has 15 heavy (non-hydrogen) atoms.